The molecule has 0 aliphatic carbocycles. The van der Waals surface area contributed by atoms with E-state index in [0.29, 0.717) is 38.7 Å². The van der Waals surface area contributed by atoms with Gasteiger partial charge in [-0.3, -0.25) is 13.9 Å². The average Bonchev–Trinajstić information content (AvgIpc) is 2.92. The van der Waals surface area contributed by atoms with Gasteiger partial charge in [-0.15, -0.1) is 0 Å². The van der Waals surface area contributed by atoms with Crippen LogP contribution >= 0.6 is 39.1 Å². The third kappa shape index (κ3) is 8.00. The monoisotopic (exact) mass is 667 g/mol. The number of anilines is 1. The Bertz CT molecular complexity index is 1450. The summed E-state index contributed by atoms with van der Waals surface area (Å²) >= 11 is 15.7. The summed E-state index contributed by atoms with van der Waals surface area (Å²) in [4.78, 5) is 28.7. The molecular weight excluding hydrogens is 637 g/mol. The molecule has 0 radical (unpaired) electrons. The largest absolute Gasteiger partial charge is 0.354 e. The highest BCUT2D eigenvalue weighted by molar-refractivity contribution is 9.10. The fourth-order valence-corrected chi connectivity index (χ4v) is 6.23. The van der Waals surface area contributed by atoms with Crippen molar-refractivity contribution in [2.24, 2.45) is 0 Å². The molecule has 1 N–H and O–H groups in total. The fraction of sp³-hybridized carbons (Fsp3) is 0.310. The molecule has 40 heavy (non-hydrogen) atoms. The standard InChI is InChI=1S/C29H32BrCl2N3O4S/c1-4-15-33-29(37)27(5-2)34(18-21-11-14-25(31)26(32)16-21)28(36)19-35(23-8-6-7-22(30)17-23)40(38,39)24-12-9-20(3)10-13-24/h6-14,16-17,27H,4-5,15,18-19H2,1-3H3,(H,33,37). The lowest BCUT2D eigenvalue weighted by atomic mass is 10.1. The summed E-state index contributed by atoms with van der Waals surface area (Å²) in [5, 5.41) is 3.54. The SMILES string of the molecule is CCCNC(=O)C(CC)N(Cc1ccc(Cl)c(Cl)c1)C(=O)CN(c1cccc(Br)c1)S(=O)(=O)c1ccc(C)cc1. The van der Waals surface area contributed by atoms with E-state index in [1.54, 1.807) is 61.5 Å². The Morgan fingerprint density at radius 2 is 1.68 bits per heavy atom. The maximum absolute atomic E-state index is 14.0. The molecule has 0 saturated carbocycles. The maximum Gasteiger partial charge on any atom is 0.264 e. The Labute approximate surface area is 254 Å². The molecule has 0 fully saturated rings. The predicted molar refractivity (Wildman–Crippen MR) is 164 cm³/mol. The van der Waals surface area contributed by atoms with Crippen molar-refractivity contribution < 1.29 is 18.0 Å². The van der Waals surface area contributed by atoms with Gasteiger partial charge in [-0.25, -0.2) is 8.42 Å². The van der Waals surface area contributed by atoms with Crippen LogP contribution in [0.25, 0.3) is 0 Å². The van der Waals surface area contributed by atoms with E-state index in [4.69, 9.17) is 23.2 Å². The number of aryl methyl sites for hydroxylation is 1. The second kappa shape index (κ2) is 14.3. The lowest BCUT2D eigenvalue weighted by Gasteiger charge is -2.33. The highest BCUT2D eigenvalue weighted by atomic mass is 79.9. The van der Waals surface area contributed by atoms with E-state index >= 15 is 0 Å². The number of amides is 2. The first-order valence-corrected chi connectivity index (χ1v) is 15.8. The zero-order valence-electron chi connectivity index (χ0n) is 22.5. The third-order valence-corrected chi connectivity index (χ3v) is 9.28. The van der Waals surface area contributed by atoms with Crippen LogP contribution in [0.15, 0.2) is 76.1 Å². The van der Waals surface area contributed by atoms with Crippen LogP contribution in [0.5, 0.6) is 0 Å². The summed E-state index contributed by atoms with van der Waals surface area (Å²) in [6, 6.07) is 17.3. The molecule has 0 aliphatic heterocycles. The van der Waals surface area contributed by atoms with Crippen molar-refractivity contribution in [2.45, 2.75) is 51.1 Å². The molecular formula is C29H32BrCl2N3O4S. The van der Waals surface area contributed by atoms with Crippen LogP contribution in [0.2, 0.25) is 10.0 Å². The topological polar surface area (TPSA) is 86.8 Å². The van der Waals surface area contributed by atoms with E-state index < -0.39 is 28.5 Å². The summed E-state index contributed by atoms with van der Waals surface area (Å²) < 4.78 is 29.5. The molecule has 3 aromatic carbocycles. The Morgan fingerprint density at radius 3 is 2.27 bits per heavy atom. The molecule has 0 spiro atoms. The Morgan fingerprint density at radius 1 is 0.975 bits per heavy atom. The molecule has 0 saturated heterocycles. The van der Waals surface area contributed by atoms with Crippen LogP contribution in [0.3, 0.4) is 0 Å². The predicted octanol–water partition coefficient (Wildman–Crippen LogP) is 6.59. The molecule has 7 nitrogen and oxygen atoms in total. The van der Waals surface area contributed by atoms with Crippen LogP contribution in [-0.4, -0.2) is 44.3 Å². The van der Waals surface area contributed by atoms with Gasteiger partial charge in [0, 0.05) is 17.6 Å². The number of rotatable bonds is 12. The van der Waals surface area contributed by atoms with Crippen LogP contribution in [-0.2, 0) is 26.2 Å². The van der Waals surface area contributed by atoms with Gasteiger partial charge < -0.3 is 10.2 Å². The molecule has 214 valence electrons. The highest BCUT2D eigenvalue weighted by Crippen LogP contribution is 2.28. The summed E-state index contributed by atoms with van der Waals surface area (Å²) in [5.41, 5.74) is 1.86. The minimum Gasteiger partial charge on any atom is -0.354 e. The van der Waals surface area contributed by atoms with Crippen LogP contribution in [0, 0.1) is 6.92 Å². The fourth-order valence-electron chi connectivity index (χ4n) is 4.12. The minimum atomic E-state index is -4.14. The molecule has 3 aromatic rings. The van der Waals surface area contributed by atoms with Crippen LogP contribution in [0.4, 0.5) is 5.69 Å². The van der Waals surface area contributed by atoms with Crippen molar-refractivity contribution in [3.8, 4) is 0 Å². The van der Waals surface area contributed by atoms with Crippen molar-refractivity contribution in [1.29, 1.82) is 0 Å². The zero-order chi connectivity index (χ0) is 29.4. The molecule has 0 aromatic heterocycles. The van der Waals surface area contributed by atoms with Gasteiger partial charge in [0.25, 0.3) is 10.0 Å². The number of carbonyl (C=O) groups is 2. The van der Waals surface area contributed by atoms with Crippen molar-refractivity contribution in [1.82, 2.24) is 10.2 Å². The van der Waals surface area contributed by atoms with E-state index in [1.165, 1.54) is 17.0 Å². The minimum absolute atomic E-state index is 0.0324. The third-order valence-electron chi connectivity index (χ3n) is 6.26. The Balaban J connectivity index is 2.06. The molecule has 0 heterocycles. The maximum atomic E-state index is 14.0. The molecule has 0 bridgehead atoms. The molecule has 0 aliphatic rings. The second-order valence-corrected chi connectivity index (χ2v) is 12.9. The lowest BCUT2D eigenvalue weighted by molar-refractivity contribution is -0.140. The Hall–Kier alpha value is -2.59. The number of benzene rings is 3. The smallest absolute Gasteiger partial charge is 0.264 e. The van der Waals surface area contributed by atoms with E-state index in [1.807, 2.05) is 13.8 Å². The van der Waals surface area contributed by atoms with Gasteiger partial charge in [0.15, 0.2) is 0 Å². The molecule has 2 amide bonds. The van der Waals surface area contributed by atoms with Crippen molar-refractivity contribution in [3.05, 3.63) is 92.4 Å². The van der Waals surface area contributed by atoms with Gasteiger partial charge in [-0.1, -0.05) is 82.8 Å². The number of hydrogen-bond acceptors (Lipinski definition) is 4. The highest BCUT2D eigenvalue weighted by Gasteiger charge is 2.33. The number of nitrogens with zero attached hydrogens (tertiary/aromatic N) is 2. The first-order valence-electron chi connectivity index (χ1n) is 12.8. The van der Waals surface area contributed by atoms with Crippen molar-refractivity contribution >= 4 is 66.7 Å². The van der Waals surface area contributed by atoms with Crippen molar-refractivity contribution in [2.75, 3.05) is 17.4 Å². The van der Waals surface area contributed by atoms with Crippen LogP contribution in [0.1, 0.15) is 37.8 Å². The number of sulfonamides is 1. The first kappa shape index (κ1) is 31.9. The summed E-state index contributed by atoms with van der Waals surface area (Å²) in [6.07, 6.45) is 1.05. The zero-order valence-corrected chi connectivity index (χ0v) is 26.4. The Kier molecular flexibility index (Phi) is 11.5. The lowest BCUT2D eigenvalue weighted by Crippen LogP contribution is -2.52. The van der Waals surface area contributed by atoms with Gasteiger partial charge in [0.1, 0.15) is 12.6 Å². The van der Waals surface area contributed by atoms with E-state index in [0.717, 1.165) is 16.3 Å². The summed E-state index contributed by atoms with van der Waals surface area (Å²) in [6.45, 7) is 5.57. The molecule has 1 unspecified atom stereocenters. The first-order chi connectivity index (χ1) is 19.0. The normalized spacial score (nSPS) is 12.1. The van der Waals surface area contributed by atoms with Gasteiger partial charge in [-0.05, 0) is 67.8 Å². The van der Waals surface area contributed by atoms with Gasteiger partial charge in [0.2, 0.25) is 11.8 Å². The molecule has 11 heteroatoms. The molecule has 1 atom stereocenters. The molecule has 3 rings (SSSR count). The van der Waals surface area contributed by atoms with Gasteiger partial charge in [0.05, 0.1) is 20.6 Å². The number of carbonyl (C=O) groups excluding carboxylic acids is 2. The van der Waals surface area contributed by atoms with E-state index in [-0.39, 0.29) is 17.3 Å². The van der Waals surface area contributed by atoms with E-state index in [9.17, 15) is 18.0 Å². The summed E-state index contributed by atoms with van der Waals surface area (Å²) in [7, 11) is -4.14. The number of halogens is 3. The second-order valence-electron chi connectivity index (χ2n) is 9.29. The number of hydrogen-bond donors (Lipinski definition) is 1. The van der Waals surface area contributed by atoms with Gasteiger partial charge >= 0.3 is 0 Å². The van der Waals surface area contributed by atoms with Crippen molar-refractivity contribution in [3.63, 3.8) is 0 Å². The average molecular weight is 669 g/mol. The van der Waals surface area contributed by atoms with E-state index in [2.05, 4.69) is 21.2 Å². The van der Waals surface area contributed by atoms with Crippen LogP contribution < -0.4 is 9.62 Å². The summed E-state index contributed by atoms with van der Waals surface area (Å²) in [5.74, 6) is -0.853. The van der Waals surface area contributed by atoms with Gasteiger partial charge in [-0.2, -0.15) is 0 Å². The quantitative estimate of drug-likeness (QED) is 0.236. The number of nitrogens with one attached hydrogen (secondary N) is 1.